The molecule has 1 atom stereocenters. The molecular weight excluding hydrogens is 211 g/mol. The number of carbonyl (C=O) groups excluding carboxylic acids is 1. The quantitative estimate of drug-likeness (QED) is 0.690. The summed E-state index contributed by atoms with van der Waals surface area (Å²) in [5.74, 6) is -1.26. The van der Waals surface area contributed by atoms with Crippen molar-refractivity contribution in [3.63, 3.8) is 0 Å². The van der Waals surface area contributed by atoms with Crippen LogP contribution in [0.25, 0.3) is 0 Å². The molecule has 1 aromatic carbocycles. The van der Waals surface area contributed by atoms with Crippen molar-refractivity contribution in [3.8, 4) is 5.75 Å². The first-order chi connectivity index (χ1) is 7.66. The van der Waals surface area contributed by atoms with Crippen LogP contribution in [0.1, 0.15) is 16.8 Å². The Morgan fingerprint density at radius 2 is 2.38 bits per heavy atom. The van der Waals surface area contributed by atoms with Gasteiger partial charge in [-0.05, 0) is 25.1 Å². The number of hydrogen-bond donors (Lipinski definition) is 3. The predicted octanol–water partition coefficient (Wildman–Crippen LogP) is 0.623. The zero-order valence-corrected chi connectivity index (χ0v) is 8.66. The Labute approximate surface area is 92.5 Å². The highest BCUT2D eigenvalue weighted by Crippen LogP contribution is 2.18. The lowest BCUT2D eigenvalue weighted by Crippen LogP contribution is -2.36. The maximum atomic E-state index is 12.7. The van der Waals surface area contributed by atoms with Crippen LogP contribution < -0.4 is 10.6 Å². The van der Waals surface area contributed by atoms with Crippen LogP contribution in [0, 0.1) is 5.82 Å². The molecule has 0 aromatic heterocycles. The van der Waals surface area contributed by atoms with Crippen LogP contribution in [0.4, 0.5) is 4.39 Å². The number of hydrogen-bond acceptors (Lipinski definition) is 3. The molecule has 1 fully saturated rings. The van der Waals surface area contributed by atoms with Gasteiger partial charge < -0.3 is 15.7 Å². The van der Waals surface area contributed by atoms with Gasteiger partial charge in [0, 0.05) is 18.7 Å². The van der Waals surface area contributed by atoms with Gasteiger partial charge in [0.1, 0.15) is 11.6 Å². The van der Waals surface area contributed by atoms with Gasteiger partial charge in [0.05, 0.1) is 5.56 Å². The number of nitrogens with one attached hydrogen (secondary N) is 2. The molecule has 16 heavy (non-hydrogen) atoms. The van der Waals surface area contributed by atoms with Gasteiger partial charge in [-0.2, -0.15) is 0 Å². The van der Waals surface area contributed by atoms with Crippen molar-refractivity contribution in [2.24, 2.45) is 0 Å². The molecule has 0 bridgehead atoms. The first kappa shape index (κ1) is 10.9. The fourth-order valence-corrected chi connectivity index (χ4v) is 1.74. The van der Waals surface area contributed by atoms with Crippen LogP contribution in [-0.4, -0.2) is 30.1 Å². The summed E-state index contributed by atoms with van der Waals surface area (Å²) < 4.78 is 12.7. The maximum Gasteiger partial charge on any atom is 0.255 e. The highest BCUT2D eigenvalue weighted by Gasteiger charge is 2.19. The molecule has 0 saturated carbocycles. The Hall–Kier alpha value is -1.62. The van der Waals surface area contributed by atoms with Crippen LogP contribution in [0.15, 0.2) is 18.2 Å². The fraction of sp³-hybridized carbons (Fsp3) is 0.364. The van der Waals surface area contributed by atoms with E-state index in [0.717, 1.165) is 31.6 Å². The lowest BCUT2D eigenvalue weighted by molar-refractivity contribution is 0.0937. The van der Waals surface area contributed by atoms with E-state index in [9.17, 15) is 14.3 Å². The average molecular weight is 224 g/mol. The van der Waals surface area contributed by atoms with E-state index in [1.54, 1.807) is 0 Å². The van der Waals surface area contributed by atoms with Gasteiger partial charge in [0.2, 0.25) is 0 Å². The Kier molecular flexibility index (Phi) is 3.05. The Morgan fingerprint density at radius 3 is 3.00 bits per heavy atom. The molecule has 0 radical (unpaired) electrons. The SMILES string of the molecule is O=C(N[C@H]1CCNC1)c1ccc(F)cc1O. The minimum Gasteiger partial charge on any atom is -0.507 e. The molecule has 0 unspecified atom stereocenters. The number of benzene rings is 1. The Bertz CT molecular complexity index is 403. The molecule has 86 valence electrons. The minimum atomic E-state index is -0.559. The summed E-state index contributed by atoms with van der Waals surface area (Å²) >= 11 is 0. The molecule has 2 rings (SSSR count). The Balaban J connectivity index is 2.08. The first-order valence-corrected chi connectivity index (χ1v) is 5.17. The average Bonchev–Trinajstić information content (AvgIpc) is 2.70. The van der Waals surface area contributed by atoms with Crippen molar-refractivity contribution in [1.29, 1.82) is 0 Å². The van der Waals surface area contributed by atoms with Crippen LogP contribution in [0.2, 0.25) is 0 Å². The number of phenols is 1. The number of carbonyl (C=O) groups is 1. The summed E-state index contributed by atoms with van der Waals surface area (Å²) in [5, 5.41) is 15.3. The molecule has 0 aliphatic carbocycles. The van der Waals surface area contributed by atoms with Gasteiger partial charge in [0.25, 0.3) is 5.91 Å². The van der Waals surface area contributed by atoms with Gasteiger partial charge in [0.15, 0.2) is 0 Å². The van der Waals surface area contributed by atoms with Crippen LogP contribution in [0.3, 0.4) is 0 Å². The Morgan fingerprint density at radius 1 is 1.56 bits per heavy atom. The summed E-state index contributed by atoms with van der Waals surface area (Å²) in [5.41, 5.74) is 0.105. The van der Waals surface area contributed by atoms with E-state index in [0.29, 0.717) is 0 Å². The van der Waals surface area contributed by atoms with E-state index in [2.05, 4.69) is 10.6 Å². The number of phenolic OH excluding ortho intramolecular Hbond substituents is 1. The monoisotopic (exact) mass is 224 g/mol. The van der Waals surface area contributed by atoms with E-state index in [1.165, 1.54) is 6.07 Å². The predicted molar refractivity (Wildman–Crippen MR) is 56.8 cm³/mol. The largest absolute Gasteiger partial charge is 0.507 e. The van der Waals surface area contributed by atoms with E-state index < -0.39 is 5.82 Å². The van der Waals surface area contributed by atoms with Crippen molar-refractivity contribution in [1.82, 2.24) is 10.6 Å². The standard InChI is InChI=1S/C11H13FN2O2/c12-7-1-2-9(10(15)5-7)11(16)14-8-3-4-13-6-8/h1-2,5,8,13,15H,3-4,6H2,(H,14,16)/t8-/m0/s1. The van der Waals surface area contributed by atoms with E-state index in [4.69, 9.17) is 0 Å². The van der Waals surface area contributed by atoms with Crippen LogP contribution in [0.5, 0.6) is 5.75 Å². The molecule has 3 N–H and O–H groups in total. The summed E-state index contributed by atoms with van der Waals surface area (Å²) in [6, 6.07) is 3.45. The van der Waals surface area contributed by atoms with Crippen LogP contribution >= 0.6 is 0 Å². The van der Waals surface area contributed by atoms with Gasteiger partial charge in [-0.3, -0.25) is 4.79 Å². The number of amides is 1. The number of rotatable bonds is 2. The normalized spacial score (nSPS) is 19.7. The van der Waals surface area contributed by atoms with Gasteiger partial charge in [-0.15, -0.1) is 0 Å². The van der Waals surface area contributed by atoms with Crippen molar-refractivity contribution in [2.45, 2.75) is 12.5 Å². The van der Waals surface area contributed by atoms with Crippen molar-refractivity contribution >= 4 is 5.91 Å². The molecule has 1 amide bonds. The topological polar surface area (TPSA) is 61.4 Å². The number of aromatic hydroxyl groups is 1. The van der Waals surface area contributed by atoms with Crippen LogP contribution in [-0.2, 0) is 0 Å². The first-order valence-electron chi connectivity index (χ1n) is 5.17. The van der Waals surface area contributed by atoms with Crippen molar-refractivity contribution in [3.05, 3.63) is 29.6 Å². The second-order valence-electron chi connectivity index (χ2n) is 3.82. The minimum absolute atomic E-state index is 0.0805. The molecule has 1 aliphatic heterocycles. The molecule has 5 heteroatoms. The molecule has 0 spiro atoms. The van der Waals surface area contributed by atoms with E-state index >= 15 is 0 Å². The molecule has 1 heterocycles. The molecule has 1 aromatic rings. The third kappa shape index (κ3) is 2.30. The maximum absolute atomic E-state index is 12.7. The van der Waals surface area contributed by atoms with E-state index in [-0.39, 0.29) is 23.3 Å². The smallest absolute Gasteiger partial charge is 0.255 e. The summed E-state index contributed by atoms with van der Waals surface area (Å²) in [4.78, 5) is 11.7. The molecular formula is C11H13FN2O2. The number of halogens is 1. The van der Waals surface area contributed by atoms with Crippen molar-refractivity contribution in [2.75, 3.05) is 13.1 Å². The molecule has 1 saturated heterocycles. The van der Waals surface area contributed by atoms with E-state index in [1.807, 2.05) is 0 Å². The highest BCUT2D eigenvalue weighted by molar-refractivity contribution is 5.96. The van der Waals surface area contributed by atoms with Gasteiger partial charge >= 0.3 is 0 Å². The zero-order valence-electron chi connectivity index (χ0n) is 8.66. The third-order valence-electron chi connectivity index (χ3n) is 2.60. The zero-order chi connectivity index (χ0) is 11.5. The molecule has 4 nitrogen and oxygen atoms in total. The third-order valence-corrected chi connectivity index (χ3v) is 2.60. The van der Waals surface area contributed by atoms with Gasteiger partial charge in [-0.25, -0.2) is 4.39 Å². The lowest BCUT2D eigenvalue weighted by atomic mass is 10.1. The lowest BCUT2D eigenvalue weighted by Gasteiger charge is -2.11. The van der Waals surface area contributed by atoms with Crippen molar-refractivity contribution < 1.29 is 14.3 Å². The second kappa shape index (κ2) is 4.49. The summed E-state index contributed by atoms with van der Waals surface area (Å²) in [7, 11) is 0. The van der Waals surface area contributed by atoms with Gasteiger partial charge in [-0.1, -0.05) is 0 Å². The molecule has 1 aliphatic rings. The fourth-order valence-electron chi connectivity index (χ4n) is 1.74. The summed E-state index contributed by atoms with van der Waals surface area (Å²) in [6.07, 6.45) is 0.869. The second-order valence-corrected chi connectivity index (χ2v) is 3.82. The highest BCUT2D eigenvalue weighted by atomic mass is 19.1. The summed E-state index contributed by atoms with van der Waals surface area (Å²) in [6.45, 7) is 1.61.